The fraction of sp³-hybridized carbons (Fsp3) is 0.250. The molecule has 0 saturated carbocycles. The van der Waals surface area contributed by atoms with Crippen LogP contribution in [0.25, 0.3) is 49.4 Å². The minimum Gasteiger partial charge on any atom is -0.455 e. The van der Waals surface area contributed by atoms with E-state index in [1.54, 1.807) is 0 Å². The molecule has 0 N–H and O–H groups in total. The van der Waals surface area contributed by atoms with Crippen molar-refractivity contribution >= 4 is 43.7 Å². The molecule has 0 bridgehead atoms. The highest BCUT2D eigenvalue weighted by molar-refractivity contribution is 6.11. The van der Waals surface area contributed by atoms with Gasteiger partial charge in [-0.15, -0.1) is 0 Å². The Morgan fingerprint density at radius 1 is 0.529 bits per heavy atom. The van der Waals surface area contributed by atoms with E-state index in [2.05, 4.69) is 125 Å². The maximum atomic E-state index is 6.82. The Hall–Kier alpha value is -3.52. The maximum Gasteiger partial charge on any atom is 0.141 e. The first-order valence-electron chi connectivity index (χ1n) is 12.1. The molecule has 6 rings (SSSR count). The summed E-state index contributed by atoms with van der Waals surface area (Å²) in [5.74, 6) is 0. The van der Waals surface area contributed by atoms with Crippen molar-refractivity contribution in [2.24, 2.45) is 0 Å². The molecule has 0 unspecified atom stereocenters. The first kappa shape index (κ1) is 21.0. The average molecular weight is 446 g/mol. The molecule has 2 nitrogen and oxygen atoms in total. The van der Waals surface area contributed by atoms with Crippen LogP contribution in [0.15, 0.2) is 83.3 Å². The summed E-state index contributed by atoms with van der Waals surface area (Å²) in [5.41, 5.74) is 8.02. The Labute approximate surface area is 200 Å². The molecule has 2 heteroatoms. The first-order valence-corrected chi connectivity index (χ1v) is 12.1. The molecule has 0 spiro atoms. The van der Waals surface area contributed by atoms with Gasteiger partial charge in [-0.05, 0) is 35.1 Å². The van der Waals surface area contributed by atoms with Gasteiger partial charge in [0.05, 0.1) is 16.7 Å². The number of hydrogen-bond donors (Lipinski definition) is 0. The van der Waals surface area contributed by atoms with Crippen LogP contribution in [0.1, 0.15) is 52.7 Å². The topological polar surface area (TPSA) is 18.1 Å². The molecule has 0 radical (unpaired) electrons. The van der Waals surface area contributed by atoms with Gasteiger partial charge in [-0.25, -0.2) is 0 Å². The van der Waals surface area contributed by atoms with Crippen molar-refractivity contribution in [3.05, 3.63) is 90.0 Å². The number of benzene rings is 4. The van der Waals surface area contributed by atoms with Gasteiger partial charge in [0.2, 0.25) is 0 Å². The van der Waals surface area contributed by atoms with Gasteiger partial charge in [0.25, 0.3) is 0 Å². The molecule has 0 amide bonds. The number of para-hydroxylation sites is 3. The Balaban J connectivity index is 1.80. The molecule has 2 aromatic heterocycles. The van der Waals surface area contributed by atoms with E-state index in [1.807, 2.05) is 0 Å². The lowest BCUT2D eigenvalue weighted by atomic mass is 9.84. The van der Waals surface area contributed by atoms with E-state index in [4.69, 9.17) is 4.42 Å². The summed E-state index contributed by atoms with van der Waals surface area (Å²) in [6.45, 7) is 13.6. The van der Waals surface area contributed by atoms with Gasteiger partial charge < -0.3 is 8.98 Å². The number of nitrogens with zero attached hydrogens (tertiary/aromatic N) is 1. The molecule has 0 saturated heterocycles. The molecule has 0 atom stereocenters. The van der Waals surface area contributed by atoms with Crippen LogP contribution >= 0.6 is 0 Å². The predicted molar refractivity (Wildman–Crippen MR) is 145 cm³/mol. The zero-order chi connectivity index (χ0) is 23.8. The Kier molecular flexibility index (Phi) is 4.33. The quantitative estimate of drug-likeness (QED) is 0.247. The Morgan fingerprint density at radius 3 is 1.68 bits per heavy atom. The van der Waals surface area contributed by atoms with Crippen LogP contribution < -0.4 is 0 Å². The lowest BCUT2D eigenvalue weighted by molar-refractivity contribution is 0.556. The molecular formula is C32H31NO. The molecule has 2 heterocycles. The third-order valence-electron chi connectivity index (χ3n) is 7.02. The molecular weight excluding hydrogens is 414 g/mol. The van der Waals surface area contributed by atoms with E-state index in [9.17, 15) is 0 Å². The van der Waals surface area contributed by atoms with Gasteiger partial charge in [0, 0.05) is 32.7 Å². The predicted octanol–water partition coefficient (Wildman–Crippen LogP) is 9.28. The minimum atomic E-state index is -0.114. The molecule has 170 valence electrons. The zero-order valence-electron chi connectivity index (χ0n) is 20.9. The van der Waals surface area contributed by atoms with Gasteiger partial charge in [-0.2, -0.15) is 0 Å². The Morgan fingerprint density at radius 2 is 1.09 bits per heavy atom. The summed E-state index contributed by atoms with van der Waals surface area (Å²) >= 11 is 0. The summed E-state index contributed by atoms with van der Waals surface area (Å²) < 4.78 is 9.24. The second-order valence-corrected chi connectivity index (χ2v) is 11.5. The van der Waals surface area contributed by atoms with Gasteiger partial charge in [-0.3, -0.25) is 0 Å². The van der Waals surface area contributed by atoms with E-state index in [-0.39, 0.29) is 10.8 Å². The number of rotatable bonds is 1. The zero-order valence-corrected chi connectivity index (χ0v) is 20.9. The van der Waals surface area contributed by atoms with Crippen molar-refractivity contribution in [1.82, 2.24) is 4.57 Å². The maximum absolute atomic E-state index is 6.82. The van der Waals surface area contributed by atoms with Crippen molar-refractivity contribution in [1.29, 1.82) is 0 Å². The molecule has 0 aliphatic carbocycles. The van der Waals surface area contributed by atoms with Crippen molar-refractivity contribution in [3.8, 4) is 5.69 Å². The molecule has 0 fully saturated rings. The van der Waals surface area contributed by atoms with E-state index in [0.717, 1.165) is 11.2 Å². The average Bonchev–Trinajstić information content (AvgIpc) is 3.32. The number of aromatic nitrogens is 1. The smallest absolute Gasteiger partial charge is 0.141 e. The summed E-state index contributed by atoms with van der Waals surface area (Å²) in [6, 6.07) is 28.5. The fourth-order valence-electron chi connectivity index (χ4n) is 5.54. The second kappa shape index (κ2) is 6.99. The fourth-order valence-corrected chi connectivity index (χ4v) is 5.54. The molecule has 4 aromatic carbocycles. The standard InChI is InChI=1S/C32H31NO/c1-31(2,3)24-15-11-14-22-23-18-19-27(28(32(4,5)6)30(23)34-29(22)24)33-25-16-9-7-12-20(25)21-13-8-10-17-26(21)33/h7-19H,1-6H3. The number of hydrogen-bond acceptors (Lipinski definition) is 1. The minimum absolute atomic E-state index is 0.00491. The highest BCUT2D eigenvalue weighted by Gasteiger charge is 2.28. The Bertz CT molecular complexity index is 1660. The summed E-state index contributed by atoms with van der Waals surface area (Å²) in [5, 5.41) is 4.94. The van der Waals surface area contributed by atoms with Crippen LogP contribution in [0.3, 0.4) is 0 Å². The van der Waals surface area contributed by atoms with Gasteiger partial charge in [0.1, 0.15) is 11.2 Å². The second-order valence-electron chi connectivity index (χ2n) is 11.5. The van der Waals surface area contributed by atoms with Crippen LogP contribution in [-0.4, -0.2) is 4.57 Å². The van der Waals surface area contributed by atoms with Gasteiger partial charge >= 0.3 is 0 Å². The largest absolute Gasteiger partial charge is 0.455 e. The van der Waals surface area contributed by atoms with E-state index in [1.165, 1.54) is 49.4 Å². The van der Waals surface area contributed by atoms with Crippen LogP contribution in [0.2, 0.25) is 0 Å². The van der Waals surface area contributed by atoms with Crippen LogP contribution in [-0.2, 0) is 10.8 Å². The molecule has 6 aromatic rings. The van der Waals surface area contributed by atoms with E-state index >= 15 is 0 Å². The van der Waals surface area contributed by atoms with Crippen molar-refractivity contribution in [2.45, 2.75) is 52.4 Å². The third kappa shape index (κ3) is 2.94. The van der Waals surface area contributed by atoms with Crippen molar-refractivity contribution < 1.29 is 4.42 Å². The SMILES string of the molecule is CC(C)(C)c1cccc2c1oc1c(C(C)(C)C)c(-n3c4ccccc4c4ccccc43)ccc12. The molecule has 0 aliphatic rings. The molecule has 0 aliphatic heterocycles. The lowest BCUT2D eigenvalue weighted by Gasteiger charge is -2.24. The van der Waals surface area contributed by atoms with E-state index < -0.39 is 0 Å². The van der Waals surface area contributed by atoms with Crippen molar-refractivity contribution in [3.63, 3.8) is 0 Å². The van der Waals surface area contributed by atoms with Crippen LogP contribution in [0.5, 0.6) is 0 Å². The number of furan rings is 1. The monoisotopic (exact) mass is 445 g/mol. The van der Waals surface area contributed by atoms with Crippen molar-refractivity contribution in [2.75, 3.05) is 0 Å². The lowest BCUT2D eigenvalue weighted by Crippen LogP contribution is -2.15. The van der Waals surface area contributed by atoms with Gasteiger partial charge in [0.15, 0.2) is 0 Å². The highest BCUT2D eigenvalue weighted by atomic mass is 16.3. The summed E-state index contributed by atoms with van der Waals surface area (Å²) in [4.78, 5) is 0. The summed E-state index contributed by atoms with van der Waals surface area (Å²) in [6.07, 6.45) is 0. The summed E-state index contributed by atoms with van der Waals surface area (Å²) in [7, 11) is 0. The van der Waals surface area contributed by atoms with Crippen LogP contribution in [0.4, 0.5) is 0 Å². The third-order valence-corrected chi connectivity index (χ3v) is 7.02. The van der Waals surface area contributed by atoms with E-state index in [0.29, 0.717) is 0 Å². The first-order chi connectivity index (χ1) is 16.2. The highest BCUT2D eigenvalue weighted by Crippen LogP contribution is 2.44. The molecule has 34 heavy (non-hydrogen) atoms. The number of fused-ring (bicyclic) bond motifs is 6. The van der Waals surface area contributed by atoms with Crippen LogP contribution in [0, 0.1) is 0 Å². The normalized spacial score (nSPS) is 13.0. The van der Waals surface area contributed by atoms with Gasteiger partial charge in [-0.1, -0.05) is 96.1 Å².